The fourth-order valence-electron chi connectivity index (χ4n) is 1.84. The molecule has 0 aliphatic rings. The van der Waals surface area contributed by atoms with Crippen LogP contribution in [0.5, 0.6) is 0 Å². The van der Waals surface area contributed by atoms with E-state index in [1.54, 1.807) is 0 Å². The third-order valence-electron chi connectivity index (χ3n) is 3.06. The topological polar surface area (TPSA) is 12.9 Å². The molecular formula is C14H17N. The van der Waals surface area contributed by atoms with E-state index in [-0.39, 0.29) is 0 Å². The summed E-state index contributed by atoms with van der Waals surface area (Å²) < 4.78 is 0. The molecule has 0 aliphatic carbocycles. The highest BCUT2D eigenvalue weighted by atomic mass is 14.7. The van der Waals surface area contributed by atoms with Crippen LogP contribution in [0.2, 0.25) is 0 Å². The highest BCUT2D eigenvalue weighted by Crippen LogP contribution is 2.23. The van der Waals surface area contributed by atoms with Crippen LogP contribution in [0.25, 0.3) is 10.9 Å². The molecule has 1 aromatic carbocycles. The van der Waals surface area contributed by atoms with Gasteiger partial charge in [0.05, 0.1) is 5.52 Å². The Morgan fingerprint density at radius 1 is 1.27 bits per heavy atom. The van der Waals surface area contributed by atoms with E-state index in [4.69, 9.17) is 4.98 Å². The average molecular weight is 199 g/mol. The molecule has 0 bridgehead atoms. The van der Waals surface area contributed by atoms with Crippen LogP contribution in [0.3, 0.4) is 0 Å². The molecule has 0 spiro atoms. The zero-order chi connectivity index (χ0) is 10.8. The van der Waals surface area contributed by atoms with Gasteiger partial charge in [-0.15, -0.1) is 0 Å². The second-order valence-corrected chi connectivity index (χ2v) is 4.19. The quantitative estimate of drug-likeness (QED) is 0.710. The molecule has 1 nitrogen and oxygen atoms in total. The van der Waals surface area contributed by atoms with E-state index in [1.807, 2.05) is 0 Å². The first-order valence-electron chi connectivity index (χ1n) is 5.58. The van der Waals surface area contributed by atoms with E-state index in [2.05, 4.69) is 51.1 Å². The van der Waals surface area contributed by atoms with Crippen LogP contribution in [-0.2, 0) is 0 Å². The van der Waals surface area contributed by atoms with Gasteiger partial charge in [-0.2, -0.15) is 0 Å². The van der Waals surface area contributed by atoms with E-state index >= 15 is 0 Å². The van der Waals surface area contributed by atoms with E-state index in [0.717, 1.165) is 11.9 Å². The molecule has 0 radical (unpaired) electrons. The van der Waals surface area contributed by atoms with Gasteiger partial charge in [-0.05, 0) is 37.0 Å². The maximum Gasteiger partial charge on any atom is 0.0708 e. The Labute approximate surface area is 91.2 Å². The van der Waals surface area contributed by atoms with Gasteiger partial charge in [-0.3, -0.25) is 4.98 Å². The molecule has 1 aromatic heterocycles. The van der Waals surface area contributed by atoms with Crippen LogP contribution < -0.4 is 0 Å². The van der Waals surface area contributed by atoms with Crippen molar-refractivity contribution in [2.24, 2.45) is 0 Å². The molecule has 0 N–H and O–H groups in total. The van der Waals surface area contributed by atoms with Gasteiger partial charge < -0.3 is 0 Å². The Kier molecular flexibility index (Phi) is 2.72. The first-order valence-corrected chi connectivity index (χ1v) is 5.58. The number of benzene rings is 1. The highest BCUT2D eigenvalue weighted by molar-refractivity contribution is 5.82. The van der Waals surface area contributed by atoms with Gasteiger partial charge in [0, 0.05) is 11.1 Å². The predicted octanol–water partition coefficient (Wildman–Crippen LogP) is 4.06. The van der Waals surface area contributed by atoms with Crippen LogP contribution in [-0.4, -0.2) is 4.98 Å². The molecule has 1 heterocycles. The van der Waals surface area contributed by atoms with E-state index < -0.39 is 0 Å². The molecule has 2 rings (SSSR count). The predicted molar refractivity (Wildman–Crippen MR) is 65.2 cm³/mol. The molecule has 0 amide bonds. The second kappa shape index (κ2) is 4.01. The number of nitrogens with zero attached hydrogens (tertiary/aromatic N) is 1. The van der Waals surface area contributed by atoms with Crippen LogP contribution in [0.15, 0.2) is 30.3 Å². The SMILES string of the molecule is CCC(C)c1cc(C)c2ccccc2n1. The summed E-state index contributed by atoms with van der Waals surface area (Å²) in [5.41, 5.74) is 3.66. The Balaban J connectivity index is 2.62. The molecule has 78 valence electrons. The lowest BCUT2D eigenvalue weighted by molar-refractivity contribution is 0.711. The summed E-state index contributed by atoms with van der Waals surface area (Å²) in [4.78, 5) is 4.71. The Morgan fingerprint density at radius 3 is 2.73 bits per heavy atom. The molecule has 1 heteroatoms. The normalized spacial score (nSPS) is 13.0. The summed E-state index contributed by atoms with van der Waals surface area (Å²) in [6.07, 6.45) is 1.14. The highest BCUT2D eigenvalue weighted by Gasteiger charge is 2.07. The second-order valence-electron chi connectivity index (χ2n) is 4.19. The van der Waals surface area contributed by atoms with E-state index in [0.29, 0.717) is 5.92 Å². The summed E-state index contributed by atoms with van der Waals surface area (Å²) >= 11 is 0. The lowest BCUT2D eigenvalue weighted by Gasteiger charge is -2.10. The molecule has 2 aromatic rings. The maximum atomic E-state index is 4.71. The fraction of sp³-hybridized carbons (Fsp3) is 0.357. The van der Waals surface area contributed by atoms with Crippen molar-refractivity contribution < 1.29 is 0 Å². The van der Waals surface area contributed by atoms with Crippen molar-refractivity contribution in [3.63, 3.8) is 0 Å². The minimum absolute atomic E-state index is 0.549. The monoisotopic (exact) mass is 199 g/mol. The summed E-state index contributed by atoms with van der Waals surface area (Å²) in [7, 11) is 0. The molecule has 15 heavy (non-hydrogen) atoms. The van der Waals surface area contributed by atoms with Gasteiger partial charge in [0.2, 0.25) is 0 Å². The van der Waals surface area contributed by atoms with E-state index in [9.17, 15) is 0 Å². The average Bonchev–Trinajstić information content (AvgIpc) is 2.28. The molecule has 0 saturated carbocycles. The van der Waals surface area contributed by atoms with Gasteiger partial charge >= 0.3 is 0 Å². The minimum atomic E-state index is 0.549. The van der Waals surface area contributed by atoms with Gasteiger partial charge in [0.1, 0.15) is 0 Å². The number of fused-ring (bicyclic) bond motifs is 1. The van der Waals surface area contributed by atoms with Gasteiger partial charge in [-0.25, -0.2) is 0 Å². The Bertz CT molecular complexity index is 474. The van der Waals surface area contributed by atoms with Crippen LogP contribution in [0.1, 0.15) is 37.4 Å². The summed E-state index contributed by atoms with van der Waals surface area (Å²) in [6, 6.07) is 10.6. The van der Waals surface area contributed by atoms with Crippen LogP contribution in [0, 0.1) is 6.92 Å². The standard InChI is InChI=1S/C14H17N/c1-4-10(2)14-9-11(3)12-7-5-6-8-13(12)15-14/h5-10H,4H2,1-3H3. The van der Waals surface area contributed by atoms with Gasteiger partial charge in [0.15, 0.2) is 0 Å². The number of hydrogen-bond donors (Lipinski definition) is 0. The number of aromatic nitrogens is 1. The number of rotatable bonds is 2. The van der Waals surface area contributed by atoms with Crippen molar-refractivity contribution >= 4 is 10.9 Å². The number of aryl methyl sites for hydroxylation is 1. The van der Waals surface area contributed by atoms with Gasteiger partial charge in [0.25, 0.3) is 0 Å². The third kappa shape index (κ3) is 1.87. The van der Waals surface area contributed by atoms with Crippen molar-refractivity contribution in [2.75, 3.05) is 0 Å². The number of hydrogen-bond acceptors (Lipinski definition) is 1. The largest absolute Gasteiger partial charge is 0.253 e. The van der Waals surface area contributed by atoms with Crippen molar-refractivity contribution in [3.05, 3.63) is 41.6 Å². The van der Waals surface area contributed by atoms with E-state index in [1.165, 1.54) is 16.6 Å². The summed E-state index contributed by atoms with van der Waals surface area (Å²) in [6.45, 7) is 6.60. The number of pyridine rings is 1. The van der Waals surface area contributed by atoms with Crippen molar-refractivity contribution in [1.29, 1.82) is 0 Å². The zero-order valence-electron chi connectivity index (χ0n) is 9.62. The molecule has 0 fully saturated rings. The smallest absolute Gasteiger partial charge is 0.0708 e. The molecule has 1 atom stereocenters. The van der Waals surface area contributed by atoms with Crippen molar-refractivity contribution in [1.82, 2.24) is 4.98 Å². The first-order chi connectivity index (χ1) is 7.22. The van der Waals surface area contributed by atoms with Gasteiger partial charge in [-0.1, -0.05) is 32.0 Å². The first kappa shape index (κ1) is 10.2. The minimum Gasteiger partial charge on any atom is -0.253 e. The Hall–Kier alpha value is -1.37. The fourth-order valence-corrected chi connectivity index (χ4v) is 1.84. The third-order valence-corrected chi connectivity index (χ3v) is 3.06. The molecule has 0 saturated heterocycles. The summed E-state index contributed by atoms with van der Waals surface area (Å²) in [5, 5.41) is 1.27. The summed E-state index contributed by atoms with van der Waals surface area (Å²) in [5.74, 6) is 0.549. The lowest BCUT2D eigenvalue weighted by atomic mass is 10.0. The Morgan fingerprint density at radius 2 is 2.00 bits per heavy atom. The molecule has 1 unspecified atom stereocenters. The molecule has 0 aliphatic heterocycles. The number of para-hydroxylation sites is 1. The maximum absolute atomic E-state index is 4.71. The van der Waals surface area contributed by atoms with Crippen LogP contribution in [0.4, 0.5) is 0 Å². The zero-order valence-corrected chi connectivity index (χ0v) is 9.62. The van der Waals surface area contributed by atoms with Crippen molar-refractivity contribution in [3.8, 4) is 0 Å². The lowest BCUT2D eigenvalue weighted by Crippen LogP contribution is -1.97. The van der Waals surface area contributed by atoms with Crippen LogP contribution >= 0.6 is 0 Å². The molecular weight excluding hydrogens is 182 g/mol. The van der Waals surface area contributed by atoms with Crippen molar-refractivity contribution in [2.45, 2.75) is 33.1 Å².